The van der Waals surface area contributed by atoms with Gasteiger partial charge in [-0.3, -0.25) is 0 Å². The van der Waals surface area contributed by atoms with E-state index < -0.39 is 0 Å². The van der Waals surface area contributed by atoms with Gasteiger partial charge in [-0.05, 0) is 14.1 Å². The van der Waals surface area contributed by atoms with E-state index >= 15 is 0 Å². The number of thiocarbonyl (C=S) groups is 1. The molecule has 0 unspecified atom stereocenters. The number of hydrogen-bond donors (Lipinski definition) is 1. The van der Waals surface area contributed by atoms with Crippen LogP contribution in [0.25, 0.3) is 0 Å². The first-order valence-electron chi connectivity index (χ1n) is 4.68. The smallest absolute Gasteiger partial charge is 0.106 e. The maximum absolute atomic E-state index is 5.24. The zero-order valence-corrected chi connectivity index (χ0v) is 9.47. The molecule has 0 heterocycles. The van der Waals surface area contributed by atoms with E-state index in [-0.39, 0.29) is 0 Å². The maximum atomic E-state index is 5.24. The Balaban J connectivity index is 2.36. The summed E-state index contributed by atoms with van der Waals surface area (Å²) in [7, 11) is 4.10. The molecule has 0 aliphatic heterocycles. The molecule has 0 saturated carbocycles. The minimum absolute atomic E-state index is 0.826. The Morgan fingerprint density at radius 3 is 2.50 bits per heavy atom. The van der Waals surface area contributed by atoms with Crippen LogP contribution in [0.5, 0.6) is 0 Å². The minimum atomic E-state index is 0.826. The van der Waals surface area contributed by atoms with Gasteiger partial charge in [0.25, 0.3) is 0 Å². The summed E-state index contributed by atoms with van der Waals surface area (Å²) in [6, 6.07) is 10.0. The van der Waals surface area contributed by atoms with Crippen LogP contribution in [0.3, 0.4) is 0 Å². The predicted octanol–water partition coefficient (Wildman–Crippen LogP) is 1.51. The summed E-state index contributed by atoms with van der Waals surface area (Å²) in [6.45, 7) is 1.88. The first-order chi connectivity index (χ1) is 6.70. The Morgan fingerprint density at radius 2 is 1.93 bits per heavy atom. The lowest BCUT2D eigenvalue weighted by molar-refractivity contribution is 0.413. The van der Waals surface area contributed by atoms with Gasteiger partial charge < -0.3 is 10.2 Å². The topological polar surface area (TPSA) is 15.3 Å². The lowest BCUT2D eigenvalue weighted by Gasteiger charge is -2.11. The lowest BCUT2D eigenvalue weighted by Crippen LogP contribution is -2.30. The van der Waals surface area contributed by atoms with Crippen molar-refractivity contribution in [3.8, 4) is 0 Å². The van der Waals surface area contributed by atoms with E-state index in [2.05, 4.69) is 10.2 Å². The average molecular weight is 208 g/mol. The zero-order valence-electron chi connectivity index (χ0n) is 8.66. The highest BCUT2D eigenvalue weighted by Crippen LogP contribution is 1.98. The van der Waals surface area contributed by atoms with Crippen molar-refractivity contribution in [3.63, 3.8) is 0 Å². The van der Waals surface area contributed by atoms with Crippen molar-refractivity contribution in [1.29, 1.82) is 0 Å². The third kappa shape index (κ3) is 3.85. The van der Waals surface area contributed by atoms with Crippen LogP contribution >= 0.6 is 12.2 Å². The van der Waals surface area contributed by atoms with Crippen molar-refractivity contribution < 1.29 is 0 Å². The van der Waals surface area contributed by atoms with Gasteiger partial charge in [-0.2, -0.15) is 0 Å². The van der Waals surface area contributed by atoms with Crippen LogP contribution < -0.4 is 5.32 Å². The quantitative estimate of drug-likeness (QED) is 0.755. The fourth-order valence-electron chi connectivity index (χ4n) is 1.08. The normalized spacial score (nSPS) is 10.2. The first kappa shape index (κ1) is 11.1. The van der Waals surface area contributed by atoms with Crippen LogP contribution in [0.15, 0.2) is 30.3 Å². The number of rotatable bonds is 4. The summed E-state index contributed by atoms with van der Waals surface area (Å²) in [5, 5.41) is 3.22. The molecule has 0 aliphatic carbocycles. The summed E-state index contributed by atoms with van der Waals surface area (Å²) in [4.78, 5) is 2.95. The minimum Gasteiger partial charge on any atom is -0.375 e. The Bertz CT molecular complexity index is 283. The molecule has 0 radical (unpaired) electrons. The highest BCUT2D eigenvalue weighted by molar-refractivity contribution is 7.80. The van der Waals surface area contributed by atoms with Gasteiger partial charge in [-0.25, -0.2) is 0 Å². The molecule has 0 aliphatic rings. The van der Waals surface area contributed by atoms with Gasteiger partial charge in [-0.1, -0.05) is 42.5 Å². The predicted molar refractivity (Wildman–Crippen MR) is 64.7 cm³/mol. The largest absolute Gasteiger partial charge is 0.375 e. The molecule has 76 valence electrons. The molecule has 1 aromatic rings. The Morgan fingerprint density at radius 1 is 1.29 bits per heavy atom. The molecule has 0 spiro atoms. The molecule has 0 fully saturated rings. The Kier molecular flexibility index (Phi) is 4.56. The second-order valence-electron chi connectivity index (χ2n) is 3.43. The van der Waals surface area contributed by atoms with Crippen LogP contribution in [0.1, 0.15) is 5.56 Å². The maximum Gasteiger partial charge on any atom is 0.106 e. The highest BCUT2D eigenvalue weighted by Gasteiger charge is 1.98. The highest BCUT2D eigenvalue weighted by atomic mass is 32.1. The van der Waals surface area contributed by atoms with Gasteiger partial charge in [0.15, 0.2) is 0 Å². The van der Waals surface area contributed by atoms with Crippen LogP contribution in [0, 0.1) is 0 Å². The van der Waals surface area contributed by atoms with E-state index in [0.717, 1.165) is 23.6 Å². The van der Waals surface area contributed by atoms with E-state index in [0.29, 0.717) is 0 Å². The molecule has 0 amide bonds. The molecule has 0 saturated heterocycles. The molecule has 0 bridgehead atoms. The SMILES string of the molecule is CN(C)CCNC(=S)c1ccccc1. The van der Waals surface area contributed by atoms with E-state index in [1.165, 1.54) is 0 Å². The molecule has 3 heteroatoms. The summed E-state index contributed by atoms with van der Waals surface area (Å²) in [5.41, 5.74) is 1.08. The number of likely N-dealkylation sites (N-methyl/N-ethyl adjacent to an activating group) is 1. The number of nitrogens with one attached hydrogen (secondary N) is 1. The molecule has 1 rings (SSSR count). The second-order valence-corrected chi connectivity index (χ2v) is 3.83. The average Bonchev–Trinajstić information content (AvgIpc) is 2.18. The van der Waals surface area contributed by atoms with Gasteiger partial charge in [0.2, 0.25) is 0 Å². The van der Waals surface area contributed by atoms with Crippen LogP contribution in [-0.4, -0.2) is 37.1 Å². The molecule has 1 aromatic carbocycles. The molecule has 1 N–H and O–H groups in total. The van der Waals surface area contributed by atoms with Gasteiger partial charge in [0, 0.05) is 18.7 Å². The van der Waals surface area contributed by atoms with Gasteiger partial charge in [0.1, 0.15) is 4.99 Å². The standard InChI is InChI=1S/C11H16N2S/c1-13(2)9-8-12-11(14)10-6-4-3-5-7-10/h3-7H,8-9H2,1-2H3,(H,12,14). The third-order valence-corrected chi connectivity index (χ3v) is 2.26. The fourth-order valence-corrected chi connectivity index (χ4v) is 1.32. The van der Waals surface area contributed by atoms with Crippen molar-refractivity contribution in [1.82, 2.24) is 10.2 Å². The van der Waals surface area contributed by atoms with E-state index in [1.54, 1.807) is 0 Å². The van der Waals surface area contributed by atoms with Gasteiger partial charge in [-0.15, -0.1) is 0 Å². The van der Waals surface area contributed by atoms with E-state index in [1.807, 2.05) is 44.4 Å². The monoisotopic (exact) mass is 208 g/mol. The number of hydrogen-bond acceptors (Lipinski definition) is 2. The number of nitrogens with zero attached hydrogens (tertiary/aromatic N) is 1. The number of benzene rings is 1. The molecular weight excluding hydrogens is 192 g/mol. The Labute approximate surface area is 90.9 Å². The molecule has 14 heavy (non-hydrogen) atoms. The van der Waals surface area contributed by atoms with E-state index in [9.17, 15) is 0 Å². The second kappa shape index (κ2) is 5.73. The third-order valence-electron chi connectivity index (χ3n) is 1.88. The van der Waals surface area contributed by atoms with Crippen molar-refractivity contribution in [3.05, 3.63) is 35.9 Å². The van der Waals surface area contributed by atoms with Crippen LogP contribution in [0.2, 0.25) is 0 Å². The van der Waals surface area contributed by atoms with Crippen LogP contribution in [0.4, 0.5) is 0 Å². The fraction of sp³-hybridized carbons (Fsp3) is 0.364. The van der Waals surface area contributed by atoms with Gasteiger partial charge >= 0.3 is 0 Å². The summed E-state index contributed by atoms with van der Waals surface area (Å²) >= 11 is 5.24. The Hall–Kier alpha value is -0.930. The molecule has 2 nitrogen and oxygen atoms in total. The van der Waals surface area contributed by atoms with Crippen molar-refractivity contribution in [2.45, 2.75) is 0 Å². The summed E-state index contributed by atoms with van der Waals surface area (Å²) in [6.07, 6.45) is 0. The summed E-state index contributed by atoms with van der Waals surface area (Å²) < 4.78 is 0. The van der Waals surface area contributed by atoms with Crippen molar-refractivity contribution in [2.75, 3.05) is 27.2 Å². The van der Waals surface area contributed by atoms with Crippen LogP contribution in [-0.2, 0) is 0 Å². The van der Waals surface area contributed by atoms with Crippen molar-refractivity contribution >= 4 is 17.2 Å². The molecular formula is C11H16N2S. The van der Waals surface area contributed by atoms with E-state index in [4.69, 9.17) is 12.2 Å². The lowest BCUT2D eigenvalue weighted by atomic mass is 10.2. The molecule has 0 aromatic heterocycles. The molecule has 0 atom stereocenters. The summed E-state index contributed by atoms with van der Waals surface area (Å²) in [5.74, 6) is 0. The van der Waals surface area contributed by atoms with Gasteiger partial charge in [0.05, 0.1) is 0 Å². The van der Waals surface area contributed by atoms with Crippen molar-refractivity contribution in [2.24, 2.45) is 0 Å². The zero-order chi connectivity index (χ0) is 10.4. The first-order valence-corrected chi connectivity index (χ1v) is 5.09.